The van der Waals surface area contributed by atoms with Gasteiger partial charge in [0.2, 0.25) is 11.8 Å². The molecule has 28 heavy (non-hydrogen) atoms. The normalized spacial score (nSPS) is 22.3. The molecule has 2 fully saturated rings. The molecule has 1 aromatic rings. The summed E-state index contributed by atoms with van der Waals surface area (Å²) in [6, 6.07) is 9.92. The van der Waals surface area contributed by atoms with Gasteiger partial charge in [0.05, 0.1) is 18.9 Å². The van der Waals surface area contributed by atoms with Crippen molar-refractivity contribution >= 4 is 24.2 Å². The van der Waals surface area contributed by atoms with Crippen molar-refractivity contribution in [3.05, 3.63) is 30.3 Å². The molecule has 2 unspecified atom stereocenters. The van der Waals surface area contributed by atoms with E-state index >= 15 is 0 Å². The molecule has 1 aromatic carbocycles. The van der Waals surface area contributed by atoms with E-state index in [2.05, 4.69) is 5.32 Å². The number of piperidine rings is 2. The number of hydrogen-bond donors (Lipinski definition) is 1. The fourth-order valence-electron chi connectivity index (χ4n) is 4.01. The summed E-state index contributed by atoms with van der Waals surface area (Å²) in [5.41, 5.74) is 0. The van der Waals surface area contributed by atoms with Crippen LogP contribution in [0.25, 0.3) is 0 Å². The lowest BCUT2D eigenvalue weighted by atomic mass is 9.94. The molecule has 7 heteroatoms. The van der Waals surface area contributed by atoms with Crippen molar-refractivity contribution in [3.63, 3.8) is 0 Å². The highest BCUT2D eigenvalue weighted by molar-refractivity contribution is 5.85. The minimum absolute atomic E-state index is 0. The minimum atomic E-state index is -0.0617. The third-order valence-electron chi connectivity index (χ3n) is 5.59. The Kier molecular flexibility index (Phi) is 9.06. The molecule has 2 amide bonds. The Labute approximate surface area is 174 Å². The Bertz CT molecular complexity index is 629. The number of hydrogen-bond acceptors (Lipinski definition) is 4. The van der Waals surface area contributed by atoms with E-state index in [1.807, 2.05) is 47.2 Å². The van der Waals surface area contributed by atoms with Crippen LogP contribution in [0.1, 0.15) is 32.1 Å². The standard InChI is InChI=1S/C21H31N3O3.ClH/c1-22-18-8-6-13-24(16-18)21(26)17-7-5-12-23(15-17)20(25)11-14-27-19-9-3-2-4-10-19;/h2-4,9-10,17-18,22H,5-8,11-16H2,1H3;1H. The summed E-state index contributed by atoms with van der Waals surface area (Å²) < 4.78 is 5.63. The van der Waals surface area contributed by atoms with Gasteiger partial charge in [0.1, 0.15) is 5.75 Å². The van der Waals surface area contributed by atoms with Crippen molar-refractivity contribution in [3.8, 4) is 5.75 Å². The maximum atomic E-state index is 12.9. The van der Waals surface area contributed by atoms with Crippen LogP contribution in [0.2, 0.25) is 0 Å². The van der Waals surface area contributed by atoms with Crippen LogP contribution in [0, 0.1) is 5.92 Å². The molecule has 0 aromatic heterocycles. The van der Waals surface area contributed by atoms with Gasteiger partial charge < -0.3 is 19.9 Å². The summed E-state index contributed by atoms with van der Waals surface area (Å²) in [7, 11) is 1.96. The number of carbonyl (C=O) groups excluding carboxylic acids is 2. The molecule has 2 atom stereocenters. The first-order chi connectivity index (χ1) is 13.2. The molecule has 0 aliphatic carbocycles. The average molecular weight is 410 g/mol. The second kappa shape index (κ2) is 11.3. The number of carbonyl (C=O) groups is 2. The van der Waals surface area contributed by atoms with Gasteiger partial charge in [-0.05, 0) is 44.9 Å². The van der Waals surface area contributed by atoms with Crippen LogP contribution in [0.3, 0.4) is 0 Å². The van der Waals surface area contributed by atoms with E-state index in [1.165, 1.54) is 0 Å². The summed E-state index contributed by atoms with van der Waals surface area (Å²) >= 11 is 0. The largest absolute Gasteiger partial charge is 0.493 e. The molecule has 1 N–H and O–H groups in total. The Balaban J connectivity index is 0.00000280. The van der Waals surface area contributed by atoms with Gasteiger partial charge in [-0.3, -0.25) is 9.59 Å². The van der Waals surface area contributed by atoms with Gasteiger partial charge in [0.15, 0.2) is 0 Å². The molecule has 0 saturated carbocycles. The van der Waals surface area contributed by atoms with Crippen LogP contribution in [0.4, 0.5) is 0 Å². The fraction of sp³-hybridized carbons (Fsp3) is 0.619. The number of halogens is 1. The number of nitrogens with zero attached hydrogens (tertiary/aromatic N) is 2. The number of likely N-dealkylation sites (tertiary alicyclic amines) is 2. The molecule has 2 heterocycles. The van der Waals surface area contributed by atoms with E-state index < -0.39 is 0 Å². The van der Waals surface area contributed by atoms with E-state index in [0.29, 0.717) is 25.6 Å². The van der Waals surface area contributed by atoms with Crippen LogP contribution in [-0.4, -0.2) is 67.5 Å². The average Bonchev–Trinajstić information content (AvgIpc) is 2.74. The molecule has 156 valence electrons. The van der Waals surface area contributed by atoms with Gasteiger partial charge in [-0.2, -0.15) is 0 Å². The number of amides is 2. The zero-order valence-electron chi connectivity index (χ0n) is 16.6. The minimum Gasteiger partial charge on any atom is -0.493 e. The molecule has 3 rings (SSSR count). The number of likely N-dealkylation sites (N-methyl/N-ethyl adjacent to an activating group) is 1. The molecular weight excluding hydrogens is 378 g/mol. The number of nitrogens with one attached hydrogen (secondary N) is 1. The third-order valence-corrected chi connectivity index (χ3v) is 5.59. The first-order valence-electron chi connectivity index (χ1n) is 10.1. The second-order valence-corrected chi connectivity index (χ2v) is 7.50. The smallest absolute Gasteiger partial charge is 0.227 e. The van der Waals surface area contributed by atoms with E-state index in [-0.39, 0.29) is 30.1 Å². The zero-order chi connectivity index (χ0) is 19.1. The van der Waals surface area contributed by atoms with Gasteiger partial charge >= 0.3 is 0 Å². The highest BCUT2D eigenvalue weighted by Crippen LogP contribution is 2.22. The predicted octanol–water partition coefficient (Wildman–Crippen LogP) is 2.33. The van der Waals surface area contributed by atoms with E-state index in [4.69, 9.17) is 4.74 Å². The fourth-order valence-corrected chi connectivity index (χ4v) is 4.01. The Hall–Kier alpha value is -1.79. The van der Waals surface area contributed by atoms with Gasteiger partial charge in [-0.15, -0.1) is 12.4 Å². The van der Waals surface area contributed by atoms with Crippen LogP contribution in [0.5, 0.6) is 5.75 Å². The number of para-hydroxylation sites is 1. The zero-order valence-corrected chi connectivity index (χ0v) is 17.5. The van der Waals surface area contributed by atoms with Crippen molar-refractivity contribution in [1.82, 2.24) is 15.1 Å². The highest BCUT2D eigenvalue weighted by atomic mass is 35.5. The summed E-state index contributed by atoms with van der Waals surface area (Å²) in [6.45, 7) is 3.28. The lowest BCUT2D eigenvalue weighted by Crippen LogP contribution is -2.52. The van der Waals surface area contributed by atoms with Crippen molar-refractivity contribution < 1.29 is 14.3 Å². The van der Waals surface area contributed by atoms with Gasteiger partial charge in [-0.25, -0.2) is 0 Å². The SMILES string of the molecule is CNC1CCCN(C(=O)C2CCCN(C(=O)CCOc3ccccc3)C2)C1.Cl. The van der Waals surface area contributed by atoms with Crippen molar-refractivity contribution in [2.45, 2.75) is 38.1 Å². The Morgan fingerprint density at radius 1 is 1.07 bits per heavy atom. The van der Waals surface area contributed by atoms with E-state index in [0.717, 1.165) is 51.1 Å². The molecule has 0 bridgehead atoms. The summed E-state index contributed by atoms with van der Waals surface area (Å²) in [4.78, 5) is 29.3. The lowest BCUT2D eigenvalue weighted by Gasteiger charge is -2.38. The van der Waals surface area contributed by atoms with Crippen molar-refractivity contribution in [1.29, 1.82) is 0 Å². The topological polar surface area (TPSA) is 61.9 Å². The molecular formula is C21H32ClN3O3. The summed E-state index contributed by atoms with van der Waals surface area (Å²) in [6.07, 6.45) is 4.29. The van der Waals surface area contributed by atoms with Crippen LogP contribution in [0.15, 0.2) is 30.3 Å². The summed E-state index contributed by atoms with van der Waals surface area (Å²) in [5, 5.41) is 3.28. The first kappa shape index (κ1) is 22.5. The monoisotopic (exact) mass is 409 g/mol. The third kappa shape index (κ3) is 6.11. The second-order valence-electron chi connectivity index (χ2n) is 7.50. The van der Waals surface area contributed by atoms with E-state index in [1.54, 1.807) is 0 Å². The first-order valence-corrected chi connectivity index (χ1v) is 10.1. The molecule has 0 spiro atoms. The van der Waals surface area contributed by atoms with Crippen LogP contribution in [-0.2, 0) is 9.59 Å². The number of ether oxygens (including phenoxy) is 1. The quantitative estimate of drug-likeness (QED) is 0.783. The van der Waals surface area contributed by atoms with Crippen LogP contribution < -0.4 is 10.1 Å². The predicted molar refractivity (Wildman–Crippen MR) is 112 cm³/mol. The molecule has 2 aliphatic heterocycles. The van der Waals surface area contributed by atoms with Gasteiger partial charge in [0, 0.05) is 32.2 Å². The van der Waals surface area contributed by atoms with Crippen molar-refractivity contribution in [2.24, 2.45) is 5.92 Å². The number of rotatable bonds is 6. The number of benzene rings is 1. The molecule has 6 nitrogen and oxygen atoms in total. The maximum Gasteiger partial charge on any atom is 0.227 e. The maximum absolute atomic E-state index is 12.9. The van der Waals surface area contributed by atoms with Crippen molar-refractivity contribution in [2.75, 3.05) is 39.8 Å². The molecule has 2 saturated heterocycles. The molecule has 0 radical (unpaired) electrons. The Morgan fingerprint density at radius 2 is 1.79 bits per heavy atom. The van der Waals surface area contributed by atoms with Crippen LogP contribution >= 0.6 is 12.4 Å². The highest BCUT2D eigenvalue weighted by Gasteiger charge is 2.32. The summed E-state index contributed by atoms with van der Waals surface area (Å²) in [5.74, 6) is 1.01. The lowest BCUT2D eigenvalue weighted by molar-refractivity contribution is -0.142. The van der Waals surface area contributed by atoms with Gasteiger partial charge in [-0.1, -0.05) is 18.2 Å². The van der Waals surface area contributed by atoms with E-state index in [9.17, 15) is 9.59 Å². The Morgan fingerprint density at radius 3 is 2.54 bits per heavy atom. The molecule has 2 aliphatic rings. The van der Waals surface area contributed by atoms with Gasteiger partial charge in [0.25, 0.3) is 0 Å².